The minimum Gasteiger partial charge on any atom is -0.378 e. The standard InChI is InChI=1S/C16H15Cl2N3O2/c17-11-1-3-14(18)13(9-11)16(22)20-12-2-4-15(19-10-12)21-5-7-23-8-6-21/h1-4,9-10H,5-8H2,(H,20,22). The zero-order valence-electron chi connectivity index (χ0n) is 12.3. The molecule has 1 amide bonds. The Hall–Kier alpha value is -1.82. The SMILES string of the molecule is O=C(Nc1ccc(N2CCOCC2)nc1)c1cc(Cl)ccc1Cl. The molecule has 1 aliphatic rings. The Balaban J connectivity index is 1.70. The van der Waals surface area contributed by atoms with Gasteiger partial charge in [0, 0.05) is 18.1 Å². The van der Waals surface area contributed by atoms with Gasteiger partial charge < -0.3 is 15.0 Å². The molecule has 0 unspecified atom stereocenters. The molecule has 2 aromatic rings. The third kappa shape index (κ3) is 3.93. The molecule has 7 heteroatoms. The van der Waals surface area contributed by atoms with Crippen molar-refractivity contribution in [3.05, 3.63) is 52.1 Å². The van der Waals surface area contributed by atoms with Crippen molar-refractivity contribution >= 4 is 40.6 Å². The van der Waals surface area contributed by atoms with Crippen molar-refractivity contribution in [1.82, 2.24) is 4.98 Å². The maximum absolute atomic E-state index is 12.3. The zero-order valence-corrected chi connectivity index (χ0v) is 13.8. The summed E-state index contributed by atoms with van der Waals surface area (Å²) in [6.07, 6.45) is 1.63. The van der Waals surface area contributed by atoms with Gasteiger partial charge in [0.1, 0.15) is 5.82 Å². The van der Waals surface area contributed by atoms with Crippen LogP contribution in [0.5, 0.6) is 0 Å². The van der Waals surface area contributed by atoms with Crippen molar-refractivity contribution in [1.29, 1.82) is 0 Å². The molecule has 0 bridgehead atoms. The van der Waals surface area contributed by atoms with Crippen LogP contribution in [0.15, 0.2) is 36.5 Å². The molecule has 2 heterocycles. The monoisotopic (exact) mass is 351 g/mol. The molecule has 0 atom stereocenters. The number of halogens is 2. The quantitative estimate of drug-likeness (QED) is 0.919. The van der Waals surface area contributed by atoms with Gasteiger partial charge in [-0.1, -0.05) is 23.2 Å². The van der Waals surface area contributed by atoms with E-state index in [-0.39, 0.29) is 5.91 Å². The summed E-state index contributed by atoms with van der Waals surface area (Å²) in [6.45, 7) is 3.04. The fraction of sp³-hybridized carbons (Fsp3) is 0.250. The second-order valence-electron chi connectivity index (χ2n) is 5.08. The lowest BCUT2D eigenvalue weighted by atomic mass is 10.2. The lowest BCUT2D eigenvalue weighted by Crippen LogP contribution is -2.36. The number of carbonyl (C=O) groups excluding carboxylic acids is 1. The van der Waals surface area contributed by atoms with E-state index in [2.05, 4.69) is 15.2 Å². The van der Waals surface area contributed by atoms with E-state index in [0.29, 0.717) is 34.5 Å². The first-order valence-corrected chi connectivity index (χ1v) is 7.94. The maximum atomic E-state index is 12.3. The van der Waals surface area contributed by atoms with Gasteiger partial charge in [0.15, 0.2) is 0 Å². The molecule has 0 radical (unpaired) electrons. The van der Waals surface area contributed by atoms with Gasteiger partial charge in [-0.15, -0.1) is 0 Å². The van der Waals surface area contributed by atoms with Gasteiger partial charge >= 0.3 is 0 Å². The van der Waals surface area contributed by atoms with E-state index in [1.54, 1.807) is 18.3 Å². The molecule has 1 aliphatic heterocycles. The Morgan fingerprint density at radius 3 is 2.65 bits per heavy atom. The molecule has 3 rings (SSSR count). The lowest BCUT2D eigenvalue weighted by molar-refractivity contribution is 0.102. The first kappa shape index (κ1) is 16.1. The number of carbonyl (C=O) groups is 1. The van der Waals surface area contributed by atoms with Crippen LogP contribution in [-0.2, 0) is 4.74 Å². The molecule has 1 aromatic carbocycles. The van der Waals surface area contributed by atoms with Crippen molar-refractivity contribution in [3.8, 4) is 0 Å². The van der Waals surface area contributed by atoms with Crippen LogP contribution < -0.4 is 10.2 Å². The van der Waals surface area contributed by atoms with E-state index in [4.69, 9.17) is 27.9 Å². The molecular weight excluding hydrogens is 337 g/mol. The number of hydrogen-bond acceptors (Lipinski definition) is 4. The molecule has 1 aromatic heterocycles. The predicted octanol–water partition coefficient (Wildman–Crippen LogP) is 3.48. The number of pyridine rings is 1. The summed E-state index contributed by atoms with van der Waals surface area (Å²) in [5.41, 5.74) is 0.930. The van der Waals surface area contributed by atoms with Crippen LogP contribution in [0.25, 0.3) is 0 Å². The second kappa shape index (κ2) is 7.17. The number of rotatable bonds is 3. The molecule has 1 saturated heterocycles. The van der Waals surface area contributed by atoms with E-state index < -0.39 is 0 Å². The van der Waals surface area contributed by atoms with E-state index in [9.17, 15) is 4.79 Å². The fourth-order valence-electron chi connectivity index (χ4n) is 2.31. The Bertz CT molecular complexity index is 701. The van der Waals surface area contributed by atoms with Crippen LogP contribution in [0.1, 0.15) is 10.4 Å². The Labute approximate surface area is 144 Å². The summed E-state index contributed by atoms with van der Waals surface area (Å²) in [5, 5.41) is 3.58. The fourth-order valence-corrected chi connectivity index (χ4v) is 2.68. The highest BCUT2D eigenvalue weighted by atomic mass is 35.5. The molecule has 23 heavy (non-hydrogen) atoms. The molecule has 0 saturated carbocycles. The highest BCUT2D eigenvalue weighted by molar-refractivity contribution is 6.36. The first-order chi connectivity index (χ1) is 11.1. The van der Waals surface area contributed by atoms with E-state index in [1.165, 1.54) is 6.07 Å². The molecular formula is C16H15Cl2N3O2. The lowest BCUT2D eigenvalue weighted by Gasteiger charge is -2.27. The average Bonchev–Trinajstić information content (AvgIpc) is 2.58. The largest absolute Gasteiger partial charge is 0.378 e. The second-order valence-corrected chi connectivity index (χ2v) is 5.93. The van der Waals surface area contributed by atoms with Gasteiger partial charge in [0.05, 0.1) is 35.7 Å². The number of nitrogens with zero attached hydrogens (tertiary/aromatic N) is 2. The van der Waals surface area contributed by atoms with Crippen LogP contribution in [0.3, 0.4) is 0 Å². The molecule has 0 spiro atoms. The maximum Gasteiger partial charge on any atom is 0.257 e. The van der Waals surface area contributed by atoms with Crippen molar-refractivity contribution < 1.29 is 9.53 Å². The number of benzene rings is 1. The van der Waals surface area contributed by atoms with Crippen LogP contribution in [0, 0.1) is 0 Å². The summed E-state index contributed by atoms with van der Waals surface area (Å²) in [4.78, 5) is 18.8. The minimum absolute atomic E-state index is 0.321. The summed E-state index contributed by atoms with van der Waals surface area (Å²) in [6, 6.07) is 8.46. The highest BCUT2D eigenvalue weighted by Crippen LogP contribution is 2.22. The Morgan fingerprint density at radius 2 is 1.96 bits per heavy atom. The third-order valence-electron chi connectivity index (χ3n) is 3.51. The van der Waals surface area contributed by atoms with Crippen molar-refractivity contribution in [2.75, 3.05) is 36.5 Å². The predicted molar refractivity (Wildman–Crippen MR) is 91.7 cm³/mol. The number of morpholine rings is 1. The van der Waals surface area contributed by atoms with Crippen LogP contribution in [0.2, 0.25) is 10.0 Å². The smallest absolute Gasteiger partial charge is 0.257 e. The molecule has 0 aliphatic carbocycles. The normalized spacial score (nSPS) is 14.6. The number of aromatic nitrogens is 1. The molecule has 1 fully saturated rings. The van der Waals surface area contributed by atoms with E-state index >= 15 is 0 Å². The van der Waals surface area contributed by atoms with Gasteiger partial charge in [0.2, 0.25) is 0 Å². The summed E-state index contributed by atoms with van der Waals surface area (Å²) >= 11 is 11.9. The van der Waals surface area contributed by atoms with Gasteiger partial charge in [-0.2, -0.15) is 0 Å². The summed E-state index contributed by atoms with van der Waals surface area (Å²) in [5.74, 6) is 0.547. The topological polar surface area (TPSA) is 54.5 Å². The minimum atomic E-state index is -0.321. The molecule has 120 valence electrons. The van der Waals surface area contributed by atoms with Gasteiger partial charge in [-0.25, -0.2) is 4.98 Å². The number of amides is 1. The van der Waals surface area contributed by atoms with Gasteiger partial charge in [-0.05, 0) is 30.3 Å². The Kier molecular flexibility index (Phi) is 5.00. The highest BCUT2D eigenvalue weighted by Gasteiger charge is 2.14. The van der Waals surface area contributed by atoms with Crippen molar-refractivity contribution in [3.63, 3.8) is 0 Å². The molecule has 5 nitrogen and oxygen atoms in total. The number of anilines is 2. The van der Waals surface area contributed by atoms with E-state index in [0.717, 1.165) is 18.9 Å². The first-order valence-electron chi connectivity index (χ1n) is 7.18. The number of ether oxygens (including phenoxy) is 1. The summed E-state index contributed by atoms with van der Waals surface area (Å²) < 4.78 is 5.32. The van der Waals surface area contributed by atoms with Crippen molar-refractivity contribution in [2.45, 2.75) is 0 Å². The third-order valence-corrected chi connectivity index (χ3v) is 4.08. The van der Waals surface area contributed by atoms with Crippen LogP contribution in [-0.4, -0.2) is 37.2 Å². The van der Waals surface area contributed by atoms with E-state index in [1.807, 2.05) is 12.1 Å². The zero-order chi connectivity index (χ0) is 16.2. The number of hydrogen-bond donors (Lipinski definition) is 1. The van der Waals surface area contributed by atoms with Crippen LogP contribution >= 0.6 is 23.2 Å². The summed E-state index contributed by atoms with van der Waals surface area (Å²) in [7, 11) is 0. The van der Waals surface area contributed by atoms with Gasteiger partial charge in [0.25, 0.3) is 5.91 Å². The van der Waals surface area contributed by atoms with Crippen LogP contribution in [0.4, 0.5) is 11.5 Å². The van der Waals surface area contributed by atoms with Gasteiger partial charge in [-0.3, -0.25) is 4.79 Å². The average molecular weight is 352 g/mol. The van der Waals surface area contributed by atoms with Crippen molar-refractivity contribution in [2.24, 2.45) is 0 Å². The number of nitrogens with one attached hydrogen (secondary N) is 1. The Morgan fingerprint density at radius 1 is 1.17 bits per heavy atom. The molecule has 1 N–H and O–H groups in total.